The topological polar surface area (TPSA) is 60.9 Å². The third kappa shape index (κ3) is 4.97. The summed E-state index contributed by atoms with van der Waals surface area (Å²) in [6.45, 7) is 2.53. The number of rotatable bonds is 4. The van der Waals surface area contributed by atoms with Crippen LogP contribution < -0.4 is 0 Å². The van der Waals surface area contributed by atoms with Gasteiger partial charge in [-0.3, -0.25) is 9.59 Å². The zero-order chi connectivity index (χ0) is 17.6. The van der Waals surface area contributed by atoms with Gasteiger partial charge in [0.2, 0.25) is 11.8 Å². The van der Waals surface area contributed by atoms with Gasteiger partial charge >= 0.3 is 0 Å². The first-order valence-electron chi connectivity index (χ1n) is 9.45. The van der Waals surface area contributed by atoms with E-state index in [-0.39, 0.29) is 17.6 Å². The number of phenolic OH excluding ortho intramolecular Hbond substituents is 1. The number of piperazine rings is 1. The van der Waals surface area contributed by atoms with E-state index in [0.29, 0.717) is 44.9 Å². The highest BCUT2D eigenvalue weighted by Crippen LogP contribution is 2.27. The van der Waals surface area contributed by atoms with Gasteiger partial charge in [-0.25, -0.2) is 0 Å². The molecular formula is C20H28N2O3. The van der Waals surface area contributed by atoms with Gasteiger partial charge in [-0.05, 0) is 36.5 Å². The van der Waals surface area contributed by atoms with Gasteiger partial charge in [0.15, 0.2) is 0 Å². The molecule has 1 aliphatic carbocycles. The molecule has 1 aliphatic heterocycles. The highest BCUT2D eigenvalue weighted by atomic mass is 16.3. The first kappa shape index (κ1) is 17.8. The molecule has 1 saturated heterocycles. The van der Waals surface area contributed by atoms with Crippen molar-refractivity contribution in [1.29, 1.82) is 0 Å². The number of carbonyl (C=O) groups excluding carboxylic acids is 2. The van der Waals surface area contributed by atoms with Gasteiger partial charge in [-0.2, -0.15) is 0 Å². The van der Waals surface area contributed by atoms with Crippen LogP contribution in [0.4, 0.5) is 0 Å². The summed E-state index contributed by atoms with van der Waals surface area (Å²) in [4.78, 5) is 28.6. The molecule has 5 nitrogen and oxygen atoms in total. The van der Waals surface area contributed by atoms with Gasteiger partial charge in [0.05, 0.1) is 6.42 Å². The molecular weight excluding hydrogens is 316 g/mol. The quantitative estimate of drug-likeness (QED) is 0.913. The number of benzene rings is 1. The van der Waals surface area contributed by atoms with Crippen LogP contribution in [-0.4, -0.2) is 52.9 Å². The van der Waals surface area contributed by atoms with Crippen molar-refractivity contribution in [3.63, 3.8) is 0 Å². The molecule has 2 fully saturated rings. The van der Waals surface area contributed by atoms with E-state index in [2.05, 4.69) is 0 Å². The predicted octanol–water partition coefficient (Wildman–Crippen LogP) is 2.58. The molecule has 0 unspecified atom stereocenters. The highest BCUT2D eigenvalue weighted by molar-refractivity contribution is 5.80. The van der Waals surface area contributed by atoms with Crippen LogP contribution in [0.3, 0.4) is 0 Å². The van der Waals surface area contributed by atoms with E-state index in [4.69, 9.17) is 0 Å². The number of carbonyl (C=O) groups is 2. The lowest BCUT2D eigenvalue weighted by molar-refractivity contribution is -0.139. The zero-order valence-corrected chi connectivity index (χ0v) is 14.8. The van der Waals surface area contributed by atoms with Crippen LogP contribution in [0.2, 0.25) is 0 Å². The molecule has 1 saturated carbocycles. The monoisotopic (exact) mass is 344 g/mol. The lowest BCUT2D eigenvalue weighted by Crippen LogP contribution is -2.51. The Hall–Kier alpha value is -2.04. The van der Waals surface area contributed by atoms with E-state index in [1.54, 1.807) is 24.3 Å². The maximum absolute atomic E-state index is 12.5. The molecule has 3 rings (SSSR count). The van der Waals surface area contributed by atoms with Crippen LogP contribution in [0, 0.1) is 5.92 Å². The Labute approximate surface area is 149 Å². The van der Waals surface area contributed by atoms with Crippen LogP contribution >= 0.6 is 0 Å². The third-order valence-corrected chi connectivity index (χ3v) is 5.46. The molecule has 0 atom stereocenters. The molecule has 0 aromatic heterocycles. The minimum atomic E-state index is 0.0880. The largest absolute Gasteiger partial charge is 0.508 e. The van der Waals surface area contributed by atoms with Crippen molar-refractivity contribution in [3.8, 4) is 5.75 Å². The van der Waals surface area contributed by atoms with Crippen molar-refractivity contribution >= 4 is 11.8 Å². The molecule has 136 valence electrons. The maximum Gasteiger partial charge on any atom is 0.227 e. The van der Waals surface area contributed by atoms with E-state index in [0.717, 1.165) is 5.56 Å². The molecule has 2 aliphatic rings. The Balaban J connectivity index is 1.43. The predicted molar refractivity (Wildman–Crippen MR) is 96.2 cm³/mol. The van der Waals surface area contributed by atoms with Crippen LogP contribution in [0.15, 0.2) is 24.3 Å². The standard InChI is InChI=1S/C20H28N2O3/c23-18-8-6-17(7-9-18)15-20(25)22-12-10-21(11-13-22)19(24)14-16-4-2-1-3-5-16/h6-9,16,23H,1-5,10-15H2. The fourth-order valence-electron chi connectivity index (χ4n) is 3.87. The molecule has 1 N–H and O–H groups in total. The maximum atomic E-state index is 12.5. The fourth-order valence-corrected chi connectivity index (χ4v) is 3.87. The van der Waals surface area contributed by atoms with Crippen LogP contribution in [0.5, 0.6) is 5.75 Å². The molecule has 1 heterocycles. The van der Waals surface area contributed by atoms with Crippen molar-refractivity contribution in [3.05, 3.63) is 29.8 Å². The second-order valence-electron chi connectivity index (χ2n) is 7.31. The van der Waals surface area contributed by atoms with Crippen molar-refractivity contribution in [2.24, 2.45) is 5.92 Å². The number of hydrogen-bond donors (Lipinski definition) is 1. The zero-order valence-electron chi connectivity index (χ0n) is 14.8. The van der Waals surface area contributed by atoms with Gasteiger partial charge in [0, 0.05) is 32.6 Å². The Morgan fingerprint density at radius 2 is 1.44 bits per heavy atom. The molecule has 2 amide bonds. The SMILES string of the molecule is O=C(Cc1ccc(O)cc1)N1CCN(C(=O)CC2CCCCC2)CC1. The van der Waals surface area contributed by atoms with Crippen molar-refractivity contribution in [2.75, 3.05) is 26.2 Å². The normalized spacial score (nSPS) is 19.0. The summed E-state index contributed by atoms with van der Waals surface area (Å²) >= 11 is 0. The van der Waals surface area contributed by atoms with Crippen LogP contribution in [0.25, 0.3) is 0 Å². The lowest BCUT2D eigenvalue weighted by Gasteiger charge is -2.36. The molecule has 25 heavy (non-hydrogen) atoms. The number of aromatic hydroxyl groups is 1. The first-order chi connectivity index (χ1) is 12.1. The molecule has 1 aromatic rings. The summed E-state index contributed by atoms with van der Waals surface area (Å²) in [7, 11) is 0. The van der Waals surface area contributed by atoms with Gasteiger partial charge < -0.3 is 14.9 Å². The summed E-state index contributed by atoms with van der Waals surface area (Å²) < 4.78 is 0. The minimum Gasteiger partial charge on any atom is -0.508 e. The van der Waals surface area contributed by atoms with Crippen LogP contribution in [-0.2, 0) is 16.0 Å². The van der Waals surface area contributed by atoms with E-state index < -0.39 is 0 Å². The van der Waals surface area contributed by atoms with Gasteiger partial charge in [0.25, 0.3) is 0 Å². The van der Waals surface area contributed by atoms with Crippen molar-refractivity contribution in [1.82, 2.24) is 9.80 Å². The Bertz CT molecular complexity index is 585. The smallest absolute Gasteiger partial charge is 0.227 e. The minimum absolute atomic E-state index is 0.0880. The number of amides is 2. The van der Waals surface area contributed by atoms with Crippen molar-refractivity contribution in [2.45, 2.75) is 44.9 Å². The number of phenols is 1. The second kappa shape index (κ2) is 8.37. The summed E-state index contributed by atoms with van der Waals surface area (Å²) in [5, 5.41) is 9.31. The van der Waals surface area contributed by atoms with Crippen LogP contribution in [0.1, 0.15) is 44.1 Å². The van der Waals surface area contributed by atoms with Gasteiger partial charge in [-0.15, -0.1) is 0 Å². The Morgan fingerprint density at radius 3 is 2.04 bits per heavy atom. The summed E-state index contributed by atoms with van der Waals surface area (Å²) in [5.74, 6) is 1.12. The summed E-state index contributed by atoms with van der Waals surface area (Å²) in [5.41, 5.74) is 0.901. The number of nitrogens with zero attached hydrogens (tertiary/aromatic N) is 2. The Kier molecular flexibility index (Phi) is 5.95. The van der Waals surface area contributed by atoms with Gasteiger partial charge in [-0.1, -0.05) is 31.4 Å². The van der Waals surface area contributed by atoms with Gasteiger partial charge in [0.1, 0.15) is 5.75 Å². The Morgan fingerprint density at radius 1 is 0.880 bits per heavy atom. The van der Waals surface area contributed by atoms with E-state index in [1.165, 1.54) is 32.1 Å². The molecule has 0 spiro atoms. The average Bonchev–Trinajstić information content (AvgIpc) is 2.64. The van der Waals surface area contributed by atoms with E-state index >= 15 is 0 Å². The lowest BCUT2D eigenvalue weighted by atomic mass is 9.86. The molecule has 0 radical (unpaired) electrons. The molecule has 1 aromatic carbocycles. The second-order valence-corrected chi connectivity index (χ2v) is 7.31. The molecule has 0 bridgehead atoms. The summed E-state index contributed by atoms with van der Waals surface area (Å²) in [6, 6.07) is 6.75. The average molecular weight is 344 g/mol. The number of hydrogen-bond acceptors (Lipinski definition) is 3. The third-order valence-electron chi connectivity index (χ3n) is 5.46. The fraction of sp³-hybridized carbons (Fsp3) is 0.600. The van der Waals surface area contributed by atoms with E-state index in [9.17, 15) is 14.7 Å². The van der Waals surface area contributed by atoms with Crippen molar-refractivity contribution < 1.29 is 14.7 Å². The first-order valence-corrected chi connectivity index (χ1v) is 9.45. The highest BCUT2D eigenvalue weighted by Gasteiger charge is 2.26. The van der Waals surface area contributed by atoms with E-state index in [1.807, 2.05) is 9.80 Å². The summed E-state index contributed by atoms with van der Waals surface area (Å²) in [6.07, 6.45) is 7.24. The molecule has 5 heteroatoms.